The molecule has 0 amide bonds. The van der Waals surface area contributed by atoms with Crippen molar-refractivity contribution in [1.82, 2.24) is 5.32 Å². The molecule has 1 fully saturated rings. The second-order valence-corrected chi connectivity index (χ2v) is 6.10. The Morgan fingerprint density at radius 1 is 1.24 bits per heavy atom. The minimum Gasteiger partial charge on any atom is -0.370 e. The summed E-state index contributed by atoms with van der Waals surface area (Å²) >= 11 is 0. The summed E-state index contributed by atoms with van der Waals surface area (Å²) in [5, 5.41) is 3.01. The lowest BCUT2D eigenvalue weighted by atomic mass is 10.1. The molecule has 0 unspecified atom stereocenters. The van der Waals surface area contributed by atoms with Gasteiger partial charge in [-0.1, -0.05) is 0 Å². The predicted molar refractivity (Wildman–Crippen MR) is 87.4 cm³/mol. The highest BCUT2D eigenvalue weighted by molar-refractivity contribution is 14.0. The van der Waals surface area contributed by atoms with Crippen LogP contribution in [0.2, 0.25) is 0 Å². The molecule has 2 rings (SSSR count). The SMILES string of the molecule is CC(C)(C)NC(N)=N[C@@H]1C[C@H]1c1cc(F)c(F)c(F)c1.I. The number of aliphatic imine (C=N–C) groups is 1. The second kappa shape index (κ2) is 6.41. The van der Waals surface area contributed by atoms with E-state index in [-0.39, 0.29) is 41.5 Å². The van der Waals surface area contributed by atoms with Gasteiger partial charge in [-0.25, -0.2) is 18.2 Å². The molecule has 3 nitrogen and oxygen atoms in total. The second-order valence-electron chi connectivity index (χ2n) is 6.10. The summed E-state index contributed by atoms with van der Waals surface area (Å²) in [5.41, 5.74) is 5.97. The van der Waals surface area contributed by atoms with E-state index in [0.717, 1.165) is 12.1 Å². The van der Waals surface area contributed by atoms with Crippen LogP contribution in [-0.4, -0.2) is 17.5 Å². The van der Waals surface area contributed by atoms with Crippen LogP contribution in [0.5, 0.6) is 0 Å². The van der Waals surface area contributed by atoms with Crippen LogP contribution in [0, 0.1) is 17.5 Å². The number of guanidine groups is 1. The van der Waals surface area contributed by atoms with Gasteiger partial charge in [-0.2, -0.15) is 0 Å². The van der Waals surface area contributed by atoms with Crippen molar-refractivity contribution in [3.8, 4) is 0 Å². The number of benzene rings is 1. The van der Waals surface area contributed by atoms with Gasteiger partial charge in [0.25, 0.3) is 0 Å². The van der Waals surface area contributed by atoms with Gasteiger partial charge in [-0.3, -0.25) is 0 Å². The smallest absolute Gasteiger partial charge is 0.194 e. The Bertz CT molecular complexity index is 532. The normalized spacial score (nSPS) is 21.7. The summed E-state index contributed by atoms with van der Waals surface area (Å²) < 4.78 is 39.2. The number of nitrogens with zero attached hydrogens (tertiary/aromatic N) is 1. The molecule has 0 spiro atoms. The summed E-state index contributed by atoms with van der Waals surface area (Å²) in [5.74, 6) is -3.60. The van der Waals surface area contributed by atoms with E-state index in [9.17, 15) is 13.2 Å². The Morgan fingerprint density at radius 2 is 1.76 bits per heavy atom. The van der Waals surface area contributed by atoms with Crippen LogP contribution in [0.15, 0.2) is 17.1 Å². The molecule has 1 aliphatic rings. The van der Waals surface area contributed by atoms with E-state index in [1.54, 1.807) is 0 Å². The van der Waals surface area contributed by atoms with E-state index in [0.29, 0.717) is 17.9 Å². The van der Waals surface area contributed by atoms with Crippen LogP contribution in [0.3, 0.4) is 0 Å². The number of hydrogen-bond donors (Lipinski definition) is 2. The maximum atomic E-state index is 13.2. The molecule has 1 aromatic carbocycles. The average molecular weight is 413 g/mol. The van der Waals surface area contributed by atoms with Gasteiger partial charge < -0.3 is 11.1 Å². The molecule has 21 heavy (non-hydrogen) atoms. The van der Waals surface area contributed by atoms with Crippen molar-refractivity contribution in [1.29, 1.82) is 0 Å². The first-order valence-corrected chi connectivity index (χ1v) is 6.43. The first kappa shape index (κ1) is 18.1. The topological polar surface area (TPSA) is 50.4 Å². The van der Waals surface area contributed by atoms with Gasteiger partial charge in [0.1, 0.15) is 0 Å². The van der Waals surface area contributed by atoms with Crippen molar-refractivity contribution in [2.45, 2.75) is 44.7 Å². The number of nitrogens with two attached hydrogens (primary N) is 1. The Kier molecular flexibility index (Phi) is 5.51. The molecule has 1 aromatic rings. The van der Waals surface area contributed by atoms with E-state index >= 15 is 0 Å². The zero-order valence-electron chi connectivity index (χ0n) is 12.1. The summed E-state index contributed by atoms with van der Waals surface area (Å²) in [7, 11) is 0. The van der Waals surface area contributed by atoms with Gasteiger partial charge in [-0.05, 0) is 44.9 Å². The minimum absolute atomic E-state index is 0. The first-order valence-electron chi connectivity index (χ1n) is 6.43. The van der Waals surface area contributed by atoms with Gasteiger partial charge in [0.15, 0.2) is 23.4 Å². The van der Waals surface area contributed by atoms with Crippen molar-refractivity contribution in [3.63, 3.8) is 0 Å². The summed E-state index contributed by atoms with van der Waals surface area (Å²) in [4.78, 5) is 4.26. The number of halogens is 4. The van der Waals surface area contributed by atoms with Crippen molar-refractivity contribution in [2.24, 2.45) is 10.7 Å². The summed E-state index contributed by atoms with van der Waals surface area (Å²) in [6.45, 7) is 5.85. The third-order valence-corrected chi connectivity index (χ3v) is 3.00. The van der Waals surface area contributed by atoms with Crippen LogP contribution in [0.4, 0.5) is 13.2 Å². The van der Waals surface area contributed by atoms with Crippen LogP contribution in [-0.2, 0) is 0 Å². The highest BCUT2D eigenvalue weighted by Crippen LogP contribution is 2.44. The lowest BCUT2D eigenvalue weighted by Crippen LogP contribution is -2.45. The zero-order valence-corrected chi connectivity index (χ0v) is 14.4. The fourth-order valence-electron chi connectivity index (χ4n) is 2.07. The lowest BCUT2D eigenvalue weighted by molar-refractivity contribution is 0.445. The lowest BCUT2D eigenvalue weighted by Gasteiger charge is -2.21. The fourth-order valence-corrected chi connectivity index (χ4v) is 2.07. The van der Waals surface area contributed by atoms with Crippen LogP contribution < -0.4 is 11.1 Å². The van der Waals surface area contributed by atoms with Crippen molar-refractivity contribution in [2.75, 3.05) is 0 Å². The first-order chi connectivity index (χ1) is 9.17. The zero-order chi connectivity index (χ0) is 15.1. The van der Waals surface area contributed by atoms with E-state index in [2.05, 4.69) is 10.3 Å². The van der Waals surface area contributed by atoms with E-state index < -0.39 is 17.5 Å². The Morgan fingerprint density at radius 3 is 2.24 bits per heavy atom. The molecule has 0 aromatic heterocycles. The fraction of sp³-hybridized carbons (Fsp3) is 0.500. The summed E-state index contributed by atoms with van der Waals surface area (Å²) in [6, 6.07) is 1.92. The van der Waals surface area contributed by atoms with Gasteiger partial charge in [0.2, 0.25) is 0 Å². The number of nitrogens with one attached hydrogen (secondary N) is 1. The van der Waals surface area contributed by atoms with E-state index in [1.807, 2.05) is 20.8 Å². The van der Waals surface area contributed by atoms with Crippen LogP contribution in [0.25, 0.3) is 0 Å². The molecule has 2 atom stereocenters. The monoisotopic (exact) mass is 413 g/mol. The molecule has 0 heterocycles. The van der Waals surface area contributed by atoms with Gasteiger partial charge >= 0.3 is 0 Å². The number of rotatable bonds is 2. The van der Waals surface area contributed by atoms with Gasteiger partial charge in [-0.15, -0.1) is 24.0 Å². The minimum atomic E-state index is -1.44. The molecular formula is C14H19F3IN3. The van der Waals surface area contributed by atoms with Gasteiger partial charge in [0.05, 0.1) is 6.04 Å². The molecule has 0 aliphatic heterocycles. The quantitative estimate of drug-likeness (QED) is 0.339. The van der Waals surface area contributed by atoms with E-state index in [1.165, 1.54) is 0 Å². The van der Waals surface area contributed by atoms with Crippen molar-refractivity contribution in [3.05, 3.63) is 35.1 Å². The predicted octanol–water partition coefficient (Wildman–Crippen LogP) is 3.28. The molecular weight excluding hydrogens is 394 g/mol. The van der Waals surface area contributed by atoms with Crippen LogP contribution >= 0.6 is 24.0 Å². The third kappa shape index (κ3) is 4.76. The molecule has 118 valence electrons. The molecule has 3 N–H and O–H groups in total. The molecule has 7 heteroatoms. The Balaban J connectivity index is 0.00000220. The average Bonchev–Trinajstić information content (AvgIpc) is 3.01. The highest BCUT2D eigenvalue weighted by atomic mass is 127. The maximum absolute atomic E-state index is 13.2. The van der Waals surface area contributed by atoms with Crippen LogP contribution in [0.1, 0.15) is 38.7 Å². The maximum Gasteiger partial charge on any atom is 0.194 e. The van der Waals surface area contributed by atoms with Crippen molar-refractivity contribution >= 4 is 29.9 Å². The molecule has 1 saturated carbocycles. The Labute approximate surface area is 139 Å². The molecule has 0 saturated heterocycles. The summed E-state index contributed by atoms with van der Waals surface area (Å²) in [6.07, 6.45) is 0.650. The molecule has 0 bridgehead atoms. The third-order valence-electron chi connectivity index (χ3n) is 3.00. The largest absolute Gasteiger partial charge is 0.370 e. The molecule has 0 radical (unpaired) electrons. The van der Waals surface area contributed by atoms with E-state index in [4.69, 9.17) is 5.73 Å². The number of hydrogen-bond acceptors (Lipinski definition) is 1. The standard InChI is InChI=1S/C14H18F3N3.HI/c1-14(2,3)20-13(18)19-11-6-8(11)7-4-9(15)12(17)10(16)5-7;/h4-5,8,11H,6H2,1-3H3,(H3,18,19,20);1H/t8-,11+;/m0./s1. The van der Waals surface area contributed by atoms with Crippen molar-refractivity contribution < 1.29 is 13.2 Å². The van der Waals surface area contributed by atoms with Gasteiger partial charge in [0, 0.05) is 11.5 Å². The molecule has 1 aliphatic carbocycles. The highest BCUT2D eigenvalue weighted by Gasteiger charge is 2.39. The Hall–Kier alpha value is -0.990.